The molecule has 1 atom stereocenters. The van der Waals surface area contributed by atoms with Crippen LogP contribution in [0.2, 0.25) is 0 Å². The Kier molecular flexibility index (Phi) is 3.80. The number of nitrogens with zero attached hydrogens (tertiary/aromatic N) is 2. The van der Waals surface area contributed by atoms with Crippen LogP contribution >= 0.6 is 0 Å². The summed E-state index contributed by atoms with van der Waals surface area (Å²) in [5.41, 5.74) is 1.21. The highest BCUT2D eigenvalue weighted by molar-refractivity contribution is 5.79. The minimum absolute atomic E-state index is 0.0729. The number of amides is 2. The second kappa shape index (κ2) is 5.62. The van der Waals surface area contributed by atoms with E-state index < -0.39 is 5.60 Å². The van der Waals surface area contributed by atoms with E-state index >= 15 is 0 Å². The molecule has 0 unspecified atom stereocenters. The fourth-order valence-corrected chi connectivity index (χ4v) is 3.22. The van der Waals surface area contributed by atoms with Crippen LogP contribution in [-0.2, 0) is 16.0 Å². The molecule has 7 heteroatoms. The molecule has 0 radical (unpaired) electrons. The highest BCUT2D eigenvalue weighted by Gasteiger charge is 2.41. The molecule has 0 saturated carbocycles. The first-order chi connectivity index (χ1) is 10.5. The predicted octanol–water partition coefficient (Wildman–Crippen LogP) is 1.33. The van der Waals surface area contributed by atoms with Gasteiger partial charge in [0.1, 0.15) is 11.4 Å². The van der Waals surface area contributed by atoms with E-state index in [-0.39, 0.29) is 12.0 Å². The van der Waals surface area contributed by atoms with E-state index in [2.05, 4.69) is 10.5 Å². The van der Waals surface area contributed by atoms with Gasteiger partial charge >= 0.3 is 6.09 Å². The molecule has 2 amide bonds. The van der Waals surface area contributed by atoms with Crippen LogP contribution < -0.4 is 5.32 Å². The summed E-state index contributed by atoms with van der Waals surface area (Å²) >= 11 is 0. The average Bonchev–Trinajstić information content (AvgIpc) is 2.91. The number of carbonyl (C=O) groups is 2. The number of aromatic nitrogens is 1. The summed E-state index contributed by atoms with van der Waals surface area (Å²) in [6.07, 6.45) is 2.27. The van der Waals surface area contributed by atoms with Crippen LogP contribution in [0.3, 0.4) is 0 Å². The quantitative estimate of drug-likeness (QED) is 0.891. The van der Waals surface area contributed by atoms with Crippen molar-refractivity contribution in [1.29, 1.82) is 0 Å². The number of hydrogen-bond donors (Lipinski definition) is 1. The van der Waals surface area contributed by atoms with Crippen molar-refractivity contribution >= 4 is 12.0 Å². The number of aryl methyl sites for hydroxylation is 2. The Bertz CT molecular complexity index is 578. The van der Waals surface area contributed by atoms with Crippen LogP contribution in [0.1, 0.15) is 36.3 Å². The molecule has 0 aliphatic carbocycles. The lowest BCUT2D eigenvalue weighted by molar-refractivity contribution is -0.130. The third kappa shape index (κ3) is 2.80. The average molecular weight is 307 g/mol. The van der Waals surface area contributed by atoms with Gasteiger partial charge in [-0.2, -0.15) is 0 Å². The SMILES string of the molecule is Cc1noc(C)c1CC(=O)N1CCC[C@@]2(CC1)CNC(=O)O2. The monoisotopic (exact) mass is 307 g/mol. The summed E-state index contributed by atoms with van der Waals surface area (Å²) in [6.45, 7) is 5.51. The minimum Gasteiger partial charge on any atom is -0.441 e. The molecule has 2 aliphatic heterocycles. The fraction of sp³-hybridized carbons (Fsp3) is 0.667. The van der Waals surface area contributed by atoms with Gasteiger partial charge in [-0.1, -0.05) is 5.16 Å². The van der Waals surface area contributed by atoms with Gasteiger partial charge in [0.25, 0.3) is 0 Å². The van der Waals surface area contributed by atoms with Crippen LogP contribution in [0.25, 0.3) is 0 Å². The second-order valence-corrected chi connectivity index (χ2v) is 6.14. The standard InChI is InChI=1S/C15H21N3O4/c1-10-12(11(2)22-17-10)8-13(19)18-6-3-4-15(5-7-18)9-16-14(20)21-15/h3-9H2,1-2H3,(H,16,20)/t15-/m1/s1. The van der Waals surface area contributed by atoms with Gasteiger partial charge in [-0.05, 0) is 26.7 Å². The number of rotatable bonds is 2. The normalized spacial score (nSPS) is 25.0. The van der Waals surface area contributed by atoms with Crippen molar-refractivity contribution in [3.63, 3.8) is 0 Å². The van der Waals surface area contributed by atoms with Gasteiger partial charge in [-0.3, -0.25) is 4.79 Å². The van der Waals surface area contributed by atoms with E-state index in [0.717, 1.165) is 24.1 Å². The molecule has 1 aromatic heterocycles. The molecule has 2 fully saturated rings. The first-order valence-corrected chi connectivity index (χ1v) is 7.65. The second-order valence-electron chi connectivity index (χ2n) is 6.14. The Hall–Kier alpha value is -2.05. The van der Waals surface area contributed by atoms with E-state index in [0.29, 0.717) is 38.2 Å². The number of carbonyl (C=O) groups excluding carboxylic acids is 2. The van der Waals surface area contributed by atoms with Crippen molar-refractivity contribution in [3.8, 4) is 0 Å². The van der Waals surface area contributed by atoms with Gasteiger partial charge in [-0.15, -0.1) is 0 Å². The summed E-state index contributed by atoms with van der Waals surface area (Å²) in [4.78, 5) is 25.7. The Morgan fingerprint density at radius 1 is 1.36 bits per heavy atom. The Balaban J connectivity index is 1.63. The van der Waals surface area contributed by atoms with E-state index in [4.69, 9.17) is 9.26 Å². The highest BCUT2D eigenvalue weighted by atomic mass is 16.6. The Labute approximate surface area is 129 Å². The molecule has 3 rings (SSSR count). The summed E-state index contributed by atoms with van der Waals surface area (Å²) in [5, 5.41) is 6.61. The highest BCUT2D eigenvalue weighted by Crippen LogP contribution is 2.29. The molecule has 0 bridgehead atoms. The lowest BCUT2D eigenvalue weighted by Crippen LogP contribution is -2.37. The van der Waals surface area contributed by atoms with Crippen LogP contribution in [0.5, 0.6) is 0 Å². The molecule has 22 heavy (non-hydrogen) atoms. The van der Waals surface area contributed by atoms with Crippen LogP contribution in [0.15, 0.2) is 4.52 Å². The van der Waals surface area contributed by atoms with Gasteiger partial charge in [0, 0.05) is 25.1 Å². The fourth-order valence-electron chi connectivity index (χ4n) is 3.22. The van der Waals surface area contributed by atoms with Crippen molar-refractivity contribution < 1.29 is 18.8 Å². The molecule has 1 N–H and O–H groups in total. The first-order valence-electron chi connectivity index (χ1n) is 7.65. The van der Waals surface area contributed by atoms with Crippen LogP contribution in [0, 0.1) is 13.8 Å². The van der Waals surface area contributed by atoms with E-state index in [1.807, 2.05) is 18.7 Å². The Morgan fingerprint density at radius 2 is 2.18 bits per heavy atom. The summed E-state index contributed by atoms with van der Waals surface area (Å²) in [6, 6.07) is 0. The first kappa shape index (κ1) is 14.9. The smallest absolute Gasteiger partial charge is 0.407 e. The molecule has 7 nitrogen and oxygen atoms in total. The molecular formula is C15H21N3O4. The minimum atomic E-state index is -0.435. The zero-order chi connectivity index (χ0) is 15.7. The van der Waals surface area contributed by atoms with Gasteiger partial charge in [0.15, 0.2) is 0 Å². The van der Waals surface area contributed by atoms with Gasteiger partial charge < -0.3 is 19.5 Å². The molecule has 1 aromatic rings. The molecular weight excluding hydrogens is 286 g/mol. The third-order valence-corrected chi connectivity index (χ3v) is 4.62. The van der Waals surface area contributed by atoms with Crippen LogP contribution in [0.4, 0.5) is 4.79 Å². The molecule has 3 heterocycles. The van der Waals surface area contributed by atoms with Crippen molar-refractivity contribution in [1.82, 2.24) is 15.4 Å². The maximum atomic E-state index is 12.5. The maximum absolute atomic E-state index is 12.5. The molecule has 0 aromatic carbocycles. The lowest BCUT2D eigenvalue weighted by atomic mass is 9.95. The van der Waals surface area contributed by atoms with Crippen molar-refractivity contribution in [2.75, 3.05) is 19.6 Å². The zero-order valence-electron chi connectivity index (χ0n) is 13.0. The Morgan fingerprint density at radius 3 is 2.82 bits per heavy atom. The molecule has 2 aliphatic rings. The third-order valence-electron chi connectivity index (χ3n) is 4.62. The van der Waals surface area contributed by atoms with E-state index in [9.17, 15) is 9.59 Å². The van der Waals surface area contributed by atoms with Crippen LogP contribution in [-0.4, -0.2) is 47.3 Å². The van der Waals surface area contributed by atoms with Gasteiger partial charge in [0.2, 0.25) is 5.91 Å². The topological polar surface area (TPSA) is 84.7 Å². The number of hydrogen-bond acceptors (Lipinski definition) is 5. The van der Waals surface area contributed by atoms with Crippen molar-refractivity contribution in [3.05, 3.63) is 17.0 Å². The van der Waals surface area contributed by atoms with E-state index in [1.54, 1.807) is 0 Å². The molecule has 1 spiro atoms. The number of ether oxygens (including phenoxy) is 1. The summed E-state index contributed by atoms with van der Waals surface area (Å²) in [5.74, 6) is 0.773. The molecule has 120 valence electrons. The van der Waals surface area contributed by atoms with Crippen molar-refractivity contribution in [2.24, 2.45) is 0 Å². The predicted molar refractivity (Wildman–Crippen MR) is 77.3 cm³/mol. The van der Waals surface area contributed by atoms with Gasteiger partial charge in [-0.25, -0.2) is 4.79 Å². The number of nitrogens with one attached hydrogen (secondary N) is 1. The number of alkyl carbamates (subject to hydrolysis) is 1. The van der Waals surface area contributed by atoms with Gasteiger partial charge in [0.05, 0.1) is 18.7 Å². The zero-order valence-corrected chi connectivity index (χ0v) is 13.0. The summed E-state index contributed by atoms with van der Waals surface area (Å²) < 4.78 is 10.5. The summed E-state index contributed by atoms with van der Waals surface area (Å²) in [7, 11) is 0. The lowest BCUT2D eigenvalue weighted by Gasteiger charge is -2.25. The van der Waals surface area contributed by atoms with E-state index in [1.165, 1.54) is 0 Å². The molecule has 2 saturated heterocycles. The maximum Gasteiger partial charge on any atom is 0.407 e. The number of likely N-dealkylation sites (tertiary alicyclic amines) is 1. The van der Waals surface area contributed by atoms with Crippen molar-refractivity contribution in [2.45, 2.75) is 45.1 Å². The largest absolute Gasteiger partial charge is 0.441 e.